The molecule has 0 fully saturated rings. The molecule has 0 saturated heterocycles. The van der Waals surface area contributed by atoms with Crippen LogP contribution in [0.15, 0.2) is 30.3 Å². The molecule has 0 saturated carbocycles. The van der Waals surface area contributed by atoms with Crippen molar-refractivity contribution in [3.63, 3.8) is 0 Å². The van der Waals surface area contributed by atoms with Gasteiger partial charge in [0.05, 0.1) is 18.6 Å². The van der Waals surface area contributed by atoms with Crippen LogP contribution >= 0.6 is 22.9 Å². The van der Waals surface area contributed by atoms with Gasteiger partial charge in [0.1, 0.15) is 6.10 Å². The number of rotatable bonds is 7. The van der Waals surface area contributed by atoms with Crippen LogP contribution in [-0.4, -0.2) is 39.7 Å². The van der Waals surface area contributed by atoms with Crippen LogP contribution in [0.2, 0.25) is 4.34 Å². The summed E-state index contributed by atoms with van der Waals surface area (Å²) < 4.78 is 16.2. The summed E-state index contributed by atoms with van der Waals surface area (Å²) in [7, 11) is 4.52. The molecular weight excluding hydrogens is 380 g/mol. The summed E-state index contributed by atoms with van der Waals surface area (Å²) in [6.45, 7) is 0.144. The van der Waals surface area contributed by atoms with Crippen LogP contribution < -0.4 is 20.1 Å². The Morgan fingerprint density at radius 1 is 1.08 bits per heavy atom. The predicted molar refractivity (Wildman–Crippen MR) is 100 cm³/mol. The lowest BCUT2D eigenvalue weighted by molar-refractivity contribution is -0.136. The van der Waals surface area contributed by atoms with Gasteiger partial charge in [0.15, 0.2) is 11.5 Å². The molecule has 2 rings (SSSR count). The van der Waals surface area contributed by atoms with E-state index in [-0.39, 0.29) is 12.6 Å². The van der Waals surface area contributed by atoms with E-state index >= 15 is 0 Å². The minimum atomic E-state index is -0.795. The number of amides is 2. The minimum absolute atomic E-state index is 0.144. The standard InChI is InChI=1S/C17H19ClN2O5S/c1-23-11-5-4-10(8-12(11)24-2)20-17(22)16(21)19-9-13(25-3)14-6-7-15(18)26-14/h4-8,13H,9H2,1-3H3,(H,19,21)(H,20,22). The monoisotopic (exact) mass is 398 g/mol. The summed E-state index contributed by atoms with van der Waals surface area (Å²) in [6.07, 6.45) is -0.384. The first-order chi connectivity index (χ1) is 12.5. The molecule has 1 atom stereocenters. The Morgan fingerprint density at radius 2 is 1.81 bits per heavy atom. The Labute approximate surface area is 160 Å². The van der Waals surface area contributed by atoms with E-state index in [2.05, 4.69) is 10.6 Å². The van der Waals surface area contributed by atoms with E-state index in [9.17, 15) is 9.59 Å². The predicted octanol–water partition coefficient (Wildman–Crippen LogP) is 2.86. The second-order valence-corrected chi connectivity index (χ2v) is 6.85. The molecule has 2 aromatic rings. The molecule has 0 aliphatic carbocycles. The Kier molecular flexibility index (Phi) is 7.26. The average Bonchev–Trinajstić information content (AvgIpc) is 3.08. The van der Waals surface area contributed by atoms with Gasteiger partial charge in [-0.25, -0.2) is 0 Å². The molecule has 1 unspecified atom stereocenters. The average molecular weight is 399 g/mol. The van der Waals surface area contributed by atoms with Gasteiger partial charge >= 0.3 is 11.8 Å². The molecule has 0 bridgehead atoms. The number of benzene rings is 1. The fourth-order valence-corrected chi connectivity index (χ4v) is 3.31. The maximum atomic E-state index is 12.1. The molecule has 0 radical (unpaired) electrons. The van der Waals surface area contributed by atoms with Gasteiger partial charge in [-0.05, 0) is 24.3 Å². The van der Waals surface area contributed by atoms with Crippen molar-refractivity contribution in [1.82, 2.24) is 5.32 Å². The molecular formula is C17H19ClN2O5S. The Balaban J connectivity index is 1.94. The van der Waals surface area contributed by atoms with Gasteiger partial charge in [-0.3, -0.25) is 9.59 Å². The van der Waals surface area contributed by atoms with Gasteiger partial charge < -0.3 is 24.8 Å². The molecule has 1 aromatic heterocycles. The van der Waals surface area contributed by atoms with Gasteiger partial charge in [-0.1, -0.05) is 11.6 Å². The quantitative estimate of drug-likeness (QED) is 0.700. The zero-order chi connectivity index (χ0) is 19.1. The van der Waals surface area contributed by atoms with Crippen LogP contribution in [0.1, 0.15) is 11.0 Å². The summed E-state index contributed by atoms with van der Waals surface area (Å²) in [5.41, 5.74) is 0.413. The third-order valence-electron chi connectivity index (χ3n) is 3.49. The third-order valence-corrected chi connectivity index (χ3v) is 4.81. The SMILES string of the molecule is COc1ccc(NC(=O)C(=O)NCC(OC)c2ccc(Cl)s2)cc1OC. The molecule has 7 nitrogen and oxygen atoms in total. The molecule has 0 aliphatic rings. The van der Waals surface area contributed by atoms with E-state index in [0.717, 1.165) is 4.88 Å². The molecule has 0 spiro atoms. The summed E-state index contributed by atoms with van der Waals surface area (Å²) in [5, 5.41) is 5.05. The van der Waals surface area contributed by atoms with Crippen molar-refractivity contribution in [2.45, 2.75) is 6.10 Å². The summed E-state index contributed by atoms with van der Waals surface area (Å²) in [4.78, 5) is 24.9. The lowest BCUT2D eigenvalue weighted by atomic mass is 10.2. The zero-order valence-electron chi connectivity index (χ0n) is 14.5. The van der Waals surface area contributed by atoms with Gasteiger partial charge in [0.2, 0.25) is 0 Å². The molecule has 2 N–H and O–H groups in total. The second kappa shape index (κ2) is 9.42. The number of nitrogens with one attached hydrogen (secondary N) is 2. The van der Waals surface area contributed by atoms with Crippen molar-refractivity contribution in [3.8, 4) is 11.5 Å². The van der Waals surface area contributed by atoms with Crippen LogP contribution in [0.3, 0.4) is 0 Å². The number of hydrogen-bond donors (Lipinski definition) is 2. The van der Waals surface area contributed by atoms with E-state index in [0.29, 0.717) is 21.5 Å². The molecule has 1 aromatic carbocycles. The lowest BCUT2D eigenvalue weighted by Gasteiger charge is -2.14. The Bertz CT molecular complexity index is 780. The highest BCUT2D eigenvalue weighted by molar-refractivity contribution is 7.16. The Morgan fingerprint density at radius 3 is 2.38 bits per heavy atom. The number of anilines is 1. The topological polar surface area (TPSA) is 85.9 Å². The number of thiophene rings is 1. The molecule has 9 heteroatoms. The summed E-state index contributed by atoms with van der Waals surface area (Å²) in [5.74, 6) is -0.604. The van der Waals surface area contributed by atoms with Gasteiger partial charge in [-0.2, -0.15) is 0 Å². The van der Waals surface area contributed by atoms with Crippen molar-refractivity contribution in [1.29, 1.82) is 0 Å². The molecule has 1 heterocycles. The van der Waals surface area contributed by atoms with E-state index in [4.69, 9.17) is 25.8 Å². The summed E-state index contributed by atoms with van der Waals surface area (Å²) in [6, 6.07) is 8.37. The zero-order valence-corrected chi connectivity index (χ0v) is 16.1. The number of hydrogen-bond acceptors (Lipinski definition) is 6. The number of halogens is 1. The van der Waals surface area contributed by atoms with Crippen LogP contribution in [-0.2, 0) is 14.3 Å². The maximum absolute atomic E-state index is 12.1. The number of methoxy groups -OCH3 is 3. The van der Waals surface area contributed by atoms with Gasteiger partial charge in [0, 0.05) is 30.3 Å². The van der Waals surface area contributed by atoms with Crippen molar-refractivity contribution in [3.05, 3.63) is 39.5 Å². The first-order valence-electron chi connectivity index (χ1n) is 7.57. The van der Waals surface area contributed by atoms with E-state index in [1.54, 1.807) is 24.3 Å². The van der Waals surface area contributed by atoms with Crippen molar-refractivity contribution < 1.29 is 23.8 Å². The van der Waals surface area contributed by atoms with Gasteiger partial charge in [0.25, 0.3) is 0 Å². The van der Waals surface area contributed by atoms with Crippen molar-refractivity contribution >= 4 is 40.4 Å². The second-order valence-electron chi connectivity index (χ2n) is 5.10. The Hall–Kier alpha value is -2.29. The highest BCUT2D eigenvalue weighted by atomic mass is 35.5. The van der Waals surface area contributed by atoms with Gasteiger partial charge in [-0.15, -0.1) is 11.3 Å². The van der Waals surface area contributed by atoms with Crippen LogP contribution in [0.4, 0.5) is 5.69 Å². The first-order valence-corrected chi connectivity index (χ1v) is 8.77. The fourth-order valence-electron chi connectivity index (χ4n) is 2.17. The summed E-state index contributed by atoms with van der Waals surface area (Å²) >= 11 is 7.26. The maximum Gasteiger partial charge on any atom is 0.313 e. The molecule has 140 valence electrons. The molecule has 0 aliphatic heterocycles. The van der Waals surface area contributed by atoms with Crippen molar-refractivity contribution in [2.24, 2.45) is 0 Å². The molecule has 2 amide bonds. The van der Waals surface area contributed by atoms with E-state index in [1.807, 2.05) is 6.07 Å². The lowest BCUT2D eigenvalue weighted by Crippen LogP contribution is -2.37. The van der Waals surface area contributed by atoms with Crippen LogP contribution in [0.25, 0.3) is 0 Å². The van der Waals surface area contributed by atoms with E-state index in [1.165, 1.54) is 32.7 Å². The highest BCUT2D eigenvalue weighted by Gasteiger charge is 2.19. The fraction of sp³-hybridized carbons (Fsp3) is 0.294. The van der Waals surface area contributed by atoms with Crippen molar-refractivity contribution in [2.75, 3.05) is 33.2 Å². The number of carbonyl (C=O) groups excluding carboxylic acids is 2. The normalized spacial score (nSPS) is 11.5. The third kappa shape index (κ3) is 5.10. The molecule has 26 heavy (non-hydrogen) atoms. The van der Waals surface area contributed by atoms with Crippen LogP contribution in [0.5, 0.6) is 11.5 Å². The van der Waals surface area contributed by atoms with Crippen LogP contribution in [0, 0.1) is 0 Å². The number of carbonyl (C=O) groups is 2. The minimum Gasteiger partial charge on any atom is -0.493 e. The first kappa shape index (κ1) is 20.0. The largest absolute Gasteiger partial charge is 0.493 e. The highest BCUT2D eigenvalue weighted by Crippen LogP contribution is 2.30. The smallest absolute Gasteiger partial charge is 0.313 e. The number of ether oxygens (including phenoxy) is 3. The van der Waals surface area contributed by atoms with E-state index < -0.39 is 11.8 Å².